The van der Waals surface area contributed by atoms with Crippen LogP contribution in [0.25, 0.3) is 11.4 Å². The highest BCUT2D eigenvalue weighted by Gasteiger charge is 2.29. The minimum Gasteiger partial charge on any atom is -0.291 e. The molecule has 2 rings (SSSR count). The van der Waals surface area contributed by atoms with E-state index in [1.165, 1.54) is 10.6 Å². The first-order chi connectivity index (χ1) is 9.51. The van der Waals surface area contributed by atoms with Crippen LogP contribution in [0.2, 0.25) is 0 Å². The van der Waals surface area contributed by atoms with Gasteiger partial charge in [-0.3, -0.25) is 4.57 Å². The van der Waals surface area contributed by atoms with Crippen molar-refractivity contribution in [3.8, 4) is 11.4 Å². The molecule has 0 unspecified atom stereocenters. The minimum atomic E-state index is -4.03. The van der Waals surface area contributed by atoms with Crippen molar-refractivity contribution < 1.29 is 12.8 Å². The van der Waals surface area contributed by atoms with Crippen molar-refractivity contribution in [1.82, 2.24) is 14.8 Å². The van der Waals surface area contributed by atoms with Crippen LogP contribution in [-0.2, 0) is 15.6 Å². The summed E-state index contributed by atoms with van der Waals surface area (Å²) in [7, 11) is -4.03. The SMILES string of the molecule is Cc1ccc(-c2nnc(S(N)(=O)=O)n2C(C)(C)C)cc1F. The van der Waals surface area contributed by atoms with Gasteiger partial charge in [-0.15, -0.1) is 10.2 Å². The quantitative estimate of drug-likeness (QED) is 0.915. The Balaban J connectivity index is 2.76. The number of aryl methyl sites for hydroxylation is 1. The minimum absolute atomic E-state index is 0.255. The average molecular weight is 312 g/mol. The van der Waals surface area contributed by atoms with E-state index in [-0.39, 0.29) is 11.0 Å². The average Bonchev–Trinajstić information content (AvgIpc) is 2.76. The maximum atomic E-state index is 13.7. The molecule has 2 N–H and O–H groups in total. The van der Waals surface area contributed by atoms with E-state index in [2.05, 4.69) is 10.2 Å². The number of benzene rings is 1. The van der Waals surface area contributed by atoms with E-state index in [0.717, 1.165) is 0 Å². The van der Waals surface area contributed by atoms with E-state index in [1.54, 1.807) is 39.8 Å². The summed E-state index contributed by atoms with van der Waals surface area (Å²) in [6.07, 6.45) is 0. The molecular weight excluding hydrogens is 295 g/mol. The van der Waals surface area contributed by atoms with Crippen LogP contribution < -0.4 is 5.14 Å². The van der Waals surface area contributed by atoms with Crippen molar-refractivity contribution in [2.24, 2.45) is 5.14 Å². The highest BCUT2D eigenvalue weighted by molar-refractivity contribution is 7.89. The van der Waals surface area contributed by atoms with Gasteiger partial charge in [0.2, 0.25) is 0 Å². The molecule has 0 bridgehead atoms. The summed E-state index contributed by atoms with van der Waals surface area (Å²) < 4.78 is 38.4. The second kappa shape index (κ2) is 4.88. The summed E-state index contributed by atoms with van der Waals surface area (Å²) in [4.78, 5) is 0. The van der Waals surface area contributed by atoms with Crippen molar-refractivity contribution >= 4 is 10.0 Å². The number of rotatable bonds is 2. The number of nitrogens with zero attached hydrogens (tertiary/aromatic N) is 3. The molecule has 21 heavy (non-hydrogen) atoms. The van der Waals surface area contributed by atoms with Gasteiger partial charge in [-0.2, -0.15) is 0 Å². The molecule has 0 amide bonds. The Labute approximate surface area is 122 Å². The smallest absolute Gasteiger partial charge is 0.273 e. The molecule has 8 heteroatoms. The van der Waals surface area contributed by atoms with E-state index in [1.807, 2.05) is 0 Å². The molecule has 0 saturated heterocycles. The summed E-state index contributed by atoms with van der Waals surface area (Å²) in [5.41, 5.74) is 0.296. The Kier molecular flexibility index (Phi) is 3.63. The molecule has 0 aliphatic heterocycles. The molecular formula is C13H17FN4O2S. The molecule has 0 spiro atoms. The van der Waals surface area contributed by atoms with E-state index in [9.17, 15) is 12.8 Å². The van der Waals surface area contributed by atoms with Crippen molar-refractivity contribution in [2.45, 2.75) is 38.4 Å². The first-order valence-electron chi connectivity index (χ1n) is 6.27. The second-order valence-electron chi connectivity index (χ2n) is 5.82. The Hall–Kier alpha value is -1.80. The summed E-state index contributed by atoms with van der Waals surface area (Å²) in [6.45, 7) is 7.01. The van der Waals surface area contributed by atoms with E-state index >= 15 is 0 Å². The van der Waals surface area contributed by atoms with Gasteiger partial charge in [0.1, 0.15) is 5.82 Å². The molecule has 0 radical (unpaired) electrons. The van der Waals surface area contributed by atoms with E-state index in [0.29, 0.717) is 11.1 Å². The lowest BCUT2D eigenvalue weighted by Crippen LogP contribution is -2.29. The molecule has 0 aliphatic carbocycles. The predicted molar refractivity (Wildman–Crippen MR) is 76.5 cm³/mol. The van der Waals surface area contributed by atoms with Crippen LogP contribution in [0.3, 0.4) is 0 Å². The zero-order chi connectivity index (χ0) is 16.0. The van der Waals surface area contributed by atoms with Crippen LogP contribution in [0.5, 0.6) is 0 Å². The van der Waals surface area contributed by atoms with Crippen molar-refractivity contribution in [1.29, 1.82) is 0 Å². The van der Waals surface area contributed by atoms with Crippen LogP contribution >= 0.6 is 0 Å². The Morgan fingerprint density at radius 3 is 2.33 bits per heavy atom. The van der Waals surface area contributed by atoms with Gasteiger partial charge >= 0.3 is 0 Å². The van der Waals surface area contributed by atoms with E-state index < -0.39 is 21.4 Å². The summed E-state index contributed by atoms with van der Waals surface area (Å²) >= 11 is 0. The lowest BCUT2D eigenvalue weighted by molar-refractivity contribution is 0.366. The third kappa shape index (κ3) is 2.96. The molecule has 0 atom stereocenters. The Morgan fingerprint density at radius 1 is 1.24 bits per heavy atom. The Bertz CT molecular complexity index is 791. The molecule has 0 saturated carbocycles. The molecule has 1 heterocycles. The zero-order valence-electron chi connectivity index (χ0n) is 12.3. The first-order valence-corrected chi connectivity index (χ1v) is 7.81. The molecule has 0 fully saturated rings. The number of nitrogens with two attached hydrogens (primary N) is 1. The maximum Gasteiger partial charge on any atom is 0.273 e. The lowest BCUT2D eigenvalue weighted by atomic mass is 10.1. The van der Waals surface area contributed by atoms with Gasteiger partial charge in [-0.05, 0) is 39.3 Å². The predicted octanol–water partition coefficient (Wildman–Crippen LogP) is 1.80. The fraction of sp³-hybridized carbons (Fsp3) is 0.385. The third-order valence-electron chi connectivity index (χ3n) is 2.99. The lowest BCUT2D eigenvalue weighted by Gasteiger charge is -2.24. The van der Waals surface area contributed by atoms with Crippen molar-refractivity contribution in [2.75, 3.05) is 0 Å². The fourth-order valence-electron chi connectivity index (χ4n) is 1.98. The van der Waals surface area contributed by atoms with Crippen LogP contribution in [0.15, 0.2) is 23.4 Å². The molecule has 114 valence electrons. The normalized spacial score (nSPS) is 12.7. The maximum absolute atomic E-state index is 13.7. The van der Waals surface area contributed by atoms with E-state index in [4.69, 9.17) is 5.14 Å². The standard InChI is InChI=1S/C13H17FN4O2S/c1-8-5-6-9(7-10(8)14)11-16-17-12(21(15,19)20)18(11)13(2,3)4/h5-7H,1-4H3,(H2,15,19,20). The van der Waals surface area contributed by atoms with Gasteiger partial charge in [0, 0.05) is 11.1 Å². The zero-order valence-corrected chi connectivity index (χ0v) is 13.1. The number of primary sulfonamides is 1. The largest absolute Gasteiger partial charge is 0.291 e. The molecule has 0 aliphatic rings. The monoisotopic (exact) mass is 312 g/mol. The third-order valence-corrected chi connectivity index (χ3v) is 3.76. The number of hydrogen-bond donors (Lipinski definition) is 1. The summed E-state index contributed by atoms with van der Waals surface area (Å²) in [5.74, 6) is -0.140. The van der Waals surface area contributed by atoms with Gasteiger partial charge in [0.25, 0.3) is 15.2 Å². The molecule has 1 aromatic carbocycles. The topological polar surface area (TPSA) is 90.9 Å². The highest BCUT2D eigenvalue weighted by Crippen LogP contribution is 2.28. The van der Waals surface area contributed by atoms with Crippen molar-refractivity contribution in [3.63, 3.8) is 0 Å². The number of halogens is 1. The van der Waals surface area contributed by atoms with Crippen LogP contribution in [-0.4, -0.2) is 23.2 Å². The first kappa shape index (κ1) is 15.6. The van der Waals surface area contributed by atoms with Crippen molar-refractivity contribution in [3.05, 3.63) is 29.6 Å². The number of aromatic nitrogens is 3. The second-order valence-corrected chi connectivity index (χ2v) is 7.28. The molecule has 1 aromatic heterocycles. The van der Waals surface area contributed by atoms with Gasteiger partial charge in [-0.25, -0.2) is 17.9 Å². The van der Waals surface area contributed by atoms with Gasteiger partial charge in [-0.1, -0.05) is 12.1 Å². The summed E-state index contributed by atoms with van der Waals surface area (Å²) in [6, 6.07) is 4.56. The van der Waals surface area contributed by atoms with Gasteiger partial charge in [0.15, 0.2) is 5.82 Å². The fourth-order valence-corrected chi connectivity index (χ4v) is 2.75. The van der Waals surface area contributed by atoms with Crippen LogP contribution in [0, 0.1) is 12.7 Å². The van der Waals surface area contributed by atoms with Crippen LogP contribution in [0.1, 0.15) is 26.3 Å². The molecule has 2 aromatic rings. The number of hydrogen-bond acceptors (Lipinski definition) is 4. The summed E-state index contributed by atoms with van der Waals surface area (Å²) in [5, 5.41) is 12.4. The highest BCUT2D eigenvalue weighted by atomic mass is 32.2. The Morgan fingerprint density at radius 2 is 1.86 bits per heavy atom. The van der Waals surface area contributed by atoms with Gasteiger partial charge in [0.05, 0.1) is 0 Å². The van der Waals surface area contributed by atoms with Gasteiger partial charge < -0.3 is 0 Å². The number of sulfonamides is 1. The van der Waals surface area contributed by atoms with Crippen LogP contribution in [0.4, 0.5) is 4.39 Å². The molecule has 6 nitrogen and oxygen atoms in total.